The lowest BCUT2D eigenvalue weighted by molar-refractivity contribution is -0.354. The summed E-state index contributed by atoms with van der Waals surface area (Å²) in [4.78, 5) is 86.9. The second-order valence-electron chi connectivity index (χ2n) is 7.34. The maximum atomic E-state index is 10.9. The monoisotopic (exact) mass is 565 g/mol. The van der Waals surface area contributed by atoms with E-state index in [1.165, 1.54) is 13.8 Å². The smallest absolute Gasteiger partial charge is 0.332 e. The van der Waals surface area contributed by atoms with Crippen molar-refractivity contribution in [3.05, 3.63) is 7.43 Å². The van der Waals surface area contributed by atoms with Gasteiger partial charge in [0.15, 0.2) is 5.78 Å². The van der Waals surface area contributed by atoms with Gasteiger partial charge in [-0.2, -0.15) is 0 Å². The first-order valence-corrected chi connectivity index (χ1v) is 11.7. The van der Waals surface area contributed by atoms with Gasteiger partial charge < -0.3 is 39.1 Å². The minimum Gasteiger partial charge on any atom is -0.480 e. The predicted octanol–water partition coefficient (Wildman–Crippen LogP) is -1.54. The molecular formula is C24H47N5O10. The highest BCUT2D eigenvalue weighted by Crippen LogP contribution is 2.12. The van der Waals surface area contributed by atoms with E-state index >= 15 is 0 Å². The highest BCUT2D eigenvalue weighted by Gasteiger charge is 2.32. The third-order valence-electron chi connectivity index (χ3n) is 3.45. The SMILES string of the molecule is CC(=O)C[NH3+].CCC(=O)NCC(C)=O.CCC(=O)ON1C(=O)CCC1=O.CNCC(=O)O.CNCC(C)=O.[CH3-]. The van der Waals surface area contributed by atoms with Gasteiger partial charge in [0.2, 0.25) is 5.91 Å². The number of hydrogen-bond acceptors (Lipinski definition) is 11. The van der Waals surface area contributed by atoms with Gasteiger partial charge in [0.1, 0.15) is 18.1 Å². The van der Waals surface area contributed by atoms with Crippen LogP contribution in [0.5, 0.6) is 0 Å². The molecule has 0 radical (unpaired) electrons. The molecule has 228 valence electrons. The van der Waals surface area contributed by atoms with Crippen LogP contribution in [0.4, 0.5) is 0 Å². The molecule has 1 rings (SSSR count). The number of carbonyl (C=O) groups is 8. The van der Waals surface area contributed by atoms with E-state index in [4.69, 9.17) is 5.11 Å². The summed E-state index contributed by atoms with van der Waals surface area (Å²) >= 11 is 0. The van der Waals surface area contributed by atoms with Crippen molar-refractivity contribution in [3.8, 4) is 0 Å². The number of quaternary nitrogens is 1. The highest BCUT2D eigenvalue weighted by atomic mass is 16.7. The van der Waals surface area contributed by atoms with Crippen molar-refractivity contribution in [2.75, 3.05) is 40.3 Å². The molecule has 0 aromatic heterocycles. The Balaban J connectivity index is -0.000000128. The fourth-order valence-corrected chi connectivity index (χ4v) is 1.57. The van der Waals surface area contributed by atoms with E-state index in [9.17, 15) is 38.4 Å². The lowest BCUT2D eigenvalue weighted by Crippen LogP contribution is -2.53. The van der Waals surface area contributed by atoms with Crippen LogP contribution in [-0.2, 0) is 43.2 Å². The Hall–Kier alpha value is -3.56. The largest absolute Gasteiger partial charge is 0.480 e. The summed E-state index contributed by atoms with van der Waals surface area (Å²) in [6.07, 6.45) is 0.857. The topological polar surface area (TPSA) is 233 Å². The van der Waals surface area contributed by atoms with Crippen molar-refractivity contribution in [3.63, 3.8) is 0 Å². The standard InChI is InChI=1S/C7H9NO4.C6H11NO2.C4H9NO.C3H7NO2.C3H7NO.CH3/c1-2-7(11)12-8-5(9)3-4-6(8)10;1-3-6(9)7-4-5(2)8;1-4(6)3-5-2;1-4-2-3(5)6;1-3(5)2-4;/h2-4H2,1H3;3-4H2,1-2H3,(H,7,9);5H,3H2,1-2H3;4H,2H2,1H3,(H,5,6);2,4H2,1H3;1H3/q;;;;;-1/p+1. The quantitative estimate of drug-likeness (QED) is 0.150. The summed E-state index contributed by atoms with van der Waals surface area (Å²) in [6, 6.07) is 0. The van der Waals surface area contributed by atoms with Gasteiger partial charge in [0, 0.05) is 32.6 Å². The molecule has 0 aliphatic carbocycles. The van der Waals surface area contributed by atoms with Crippen LogP contribution in [0.3, 0.4) is 0 Å². The fourth-order valence-electron chi connectivity index (χ4n) is 1.57. The van der Waals surface area contributed by atoms with Gasteiger partial charge in [-0.1, -0.05) is 13.8 Å². The Morgan fingerprint density at radius 1 is 0.821 bits per heavy atom. The third kappa shape index (κ3) is 39.1. The van der Waals surface area contributed by atoms with Gasteiger partial charge in [-0.15, -0.1) is 5.06 Å². The Morgan fingerprint density at radius 2 is 1.23 bits per heavy atom. The van der Waals surface area contributed by atoms with Crippen molar-refractivity contribution < 1.29 is 54.0 Å². The van der Waals surface area contributed by atoms with Crippen LogP contribution >= 0.6 is 0 Å². The Kier molecular flexibility index (Phi) is 35.7. The molecule has 3 amide bonds. The number of Topliss-reactive ketones (excluding diaryl/α,β-unsaturated/α-hetero) is 3. The Labute approximate surface area is 230 Å². The summed E-state index contributed by atoms with van der Waals surface area (Å²) in [5.41, 5.74) is 3.34. The van der Waals surface area contributed by atoms with Crippen LogP contribution in [0.15, 0.2) is 0 Å². The van der Waals surface area contributed by atoms with Crippen molar-refractivity contribution >= 4 is 47.0 Å². The molecule has 39 heavy (non-hydrogen) atoms. The van der Waals surface area contributed by atoms with Gasteiger partial charge in [0.05, 0.1) is 19.6 Å². The Bertz CT molecular complexity index is 740. The average Bonchev–Trinajstić information content (AvgIpc) is 3.15. The van der Waals surface area contributed by atoms with E-state index in [1.807, 2.05) is 0 Å². The number of ketones is 3. The van der Waals surface area contributed by atoms with Crippen LogP contribution in [-0.4, -0.2) is 97.5 Å². The molecule has 15 nitrogen and oxygen atoms in total. The van der Waals surface area contributed by atoms with E-state index in [-0.39, 0.29) is 63.0 Å². The normalized spacial score (nSPS) is 10.7. The molecule has 1 saturated heterocycles. The van der Waals surface area contributed by atoms with Gasteiger partial charge in [-0.3, -0.25) is 33.6 Å². The molecule has 15 heteroatoms. The molecule has 1 aliphatic rings. The number of likely N-dealkylation sites (N-methyl/N-ethyl adjacent to an activating group) is 2. The maximum absolute atomic E-state index is 10.9. The lowest BCUT2D eigenvalue weighted by Gasteiger charge is -2.10. The maximum Gasteiger partial charge on any atom is 0.332 e. The minimum absolute atomic E-state index is 0. The van der Waals surface area contributed by atoms with Gasteiger partial charge in [0.25, 0.3) is 11.8 Å². The zero-order valence-electron chi connectivity index (χ0n) is 24.4. The number of carbonyl (C=O) groups excluding carboxylic acids is 7. The van der Waals surface area contributed by atoms with Crippen LogP contribution in [0, 0.1) is 7.43 Å². The molecule has 1 heterocycles. The van der Waals surface area contributed by atoms with Crippen molar-refractivity contribution in [1.82, 2.24) is 21.0 Å². The van der Waals surface area contributed by atoms with Crippen molar-refractivity contribution in [2.45, 2.75) is 60.3 Å². The van der Waals surface area contributed by atoms with Gasteiger partial charge in [-0.25, -0.2) is 4.79 Å². The number of aliphatic carboxylic acids is 1. The number of amides is 3. The second kappa shape index (κ2) is 30.7. The van der Waals surface area contributed by atoms with E-state index in [0.717, 1.165) is 0 Å². The number of nitrogens with zero attached hydrogens (tertiary/aromatic N) is 1. The number of rotatable bonds is 10. The first-order chi connectivity index (χ1) is 17.6. The number of carboxylic acid groups (broad SMARTS) is 1. The molecule has 7 N–H and O–H groups in total. The van der Waals surface area contributed by atoms with E-state index in [2.05, 4.69) is 26.5 Å². The Morgan fingerprint density at radius 3 is 1.44 bits per heavy atom. The molecule has 0 saturated carbocycles. The number of hydroxylamine groups is 2. The van der Waals surface area contributed by atoms with Gasteiger partial charge >= 0.3 is 11.9 Å². The summed E-state index contributed by atoms with van der Waals surface area (Å²) in [5.74, 6) is -2.05. The number of nitrogens with one attached hydrogen (secondary N) is 3. The van der Waals surface area contributed by atoms with Gasteiger partial charge in [-0.05, 0) is 27.9 Å². The van der Waals surface area contributed by atoms with Crippen LogP contribution in [0.1, 0.15) is 60.3 Å². The highest BCUT2D eigenvalue weighted by molar-refractivity contribution is 6.01. The number of hydrogen-bond donors (Lipinski definition) is 5. The van der Waals surface area contributed by atoms with Crippen molar-refractivity contribution in [1.29, 1.82) is 0 Å². The summed E-state index contributed by atoms with van der Waals surface area (Å²) in [6.45, 7) is 8.95. The molecule has 0 bridgehead atoms. The van der Waals surface area contributed by atoms with E-state index in [0.29, 0.717) is 24.6 Å². The van der Waals surface area contributed by atoms with E-state index < -0.39 is 23.8 Å². The first kappa shape index (κ1) is 45.4. The van der Waals surface area contributed by atoms with E-state index in [1.54, 1.807) is 34.9 Å². The zero-order chi connectivity index (χ0) is 30.7. The molecule has 1 aliphatic heterocycles. The average molecular weight is 566 g/mol. The lowest BCUT2D eigenvalue weighted by atomic mass is 10.4. The molecule has 0 aromatic carbocycles. The predicted molar refractivity (Wildman–Crippen MR) is 142 cm³/mol. The summed E-state index contributed by atoms with van der Waals surface area (Å²) in [5, 5.41) is 16.0. The molecule has 0 atom stereocenters. The van der Waals surface area contributed by atoms with Crippen molar-refractivity contribution in [2.24, 2.45) is 0 Å². The first-order valence-electron chi connectivity index (χ1n) is 11.7. The van der Waals surface area contributed by atoms with Crippen LogP contribution in [0.2, 0.25) is 0 Å². The fraction of sp³-hybridized carbons (Fsp3) is 0.625. The number of imide groups is 1. The zero-order valence-corrected chi connectivity index (χ0v) is 24.4. The molecule has 0 spiro atoms. The number of carboxylic acids is 1. The summed E-state index contributed by atoms with van der Waals surface area (Å²) in [7, 11) is 3.34. The molecule has 0 unspecified atom stereocenters. The molecule has 0 aromatic rings. The second-order valence-corrected chi connectivity index (χ2v) is 7.34. The van der Waals surface area contributed by atoms with Crippen LogP contribution < -0.4 is 21.7 Å². The van der Waals surface area contributed by atoms with Crippen LogP contribution in [0.25, 0.3) is 0 Å². The molecular weight excluding hydrogens is 518 g/mol. The minimum atomic E-state index is -0.822. The molecule has 1 fully saturated rings. The summed E-state index contributed by atoms with van der Waals surface area (Å²) < 4.78 is 0. The third-order valence-corrected chi connectivity index (χ3v) is 3.45.